The van der Waals surface area contributed by atoms with Crippen LogP contribution in [0.5, 0.6) is 0 Å². The van der Waals surface area contributed by atoms with Crippen LogP contribution >= 0.6 is 27.7 Å². The third-order valence-electron chi connectivity index (χ3n) is 2.54. The highest BCUT2D eigenvalue weighted by Crippen LogP contribution is 2.26. The van der Waals surface area contributed by atoms with Gasteiger partial charge in [-0.05, 0) is 31.3 Å². The maximum absolute atomic E-state index is 3.45. The predicted molar refractivity (Wildman–Crippen MR) is 69.3 cm³/mol. The number of likely N-dealkylation sites (N-methyl/N-ethyl adjacent to an activating group) is 1. The molecule has 1 aliphatic rings. The van der Waals surface area contributed by atoms with Crippen LogP contribution in [0.4, 0.5) is 0 Å². The van der Waals surface area contributed by atoms with E-state index in [1.807, 2.05) is 11.8 Å². The summed E-state index contributed by atoms with van der Waals surface area (Å²) in [5, 5.41) is 3.98. The molecule has 1 heterocycles. The summed E-state index contributed by atoms with van der Waals surface area (Å²) in [7, 11) is 2.19. The molecule has 1 aromatic carbocycles. The first-order chi connectivity index (χ1) is 7.25. The van der Waals surface area contributed by atoms with Gasteiger partial charge >= 0.3 is 0 Å². The molecule has 0 spiro atoms. The van der Waals surface area contributed by atoms with Gasteiger partial charge in [0.15, 0.2) is 0 Å². The number of benzene rings is 1. The van der Waals surface area contributed by atoms with Crippen molar-refractivity contribution in [3.05, 3.63) is 28.7 Å². The third-order valence-corrected chi connectivity index (χ3v) is 4.41. The molecule has 0 radical (unpaired) electrons. The van der Waals surface area contributed by atoms with Crippen molar-refractivity contribution in [3.63, 3.8) is 0 Å². The van der Waals surface area contributed by atoms with Gasteiger partial charge in [0.2, 0.25) is 0 Å². The van der Waals surface area contributed by atoms with Crippen LogP contribution in [0.25, 0.3) is 0 Å². The fraction of sp³-hybridized carbons (Fsp3) is 0.455. The standard InChI is InChI=1S/C11H15BrN2S/c1-14-7-6-13-8-11(14)15-10-4-2-9(12)3-5-10/h2-5,11,13H,6-8H2,1H3. The molecule has 1 aromatic rings. The average molecular weight is 287 g/mol. The highest BCUT2D eigenvalue weighted by molar-refractivity contribution is 9.10. The summed E-state index contributed by atoms with van der Waals surface area (Å²) in [6.45, 7) is 3.30. The molecule has 0 saturated carbocycles. The Balaban J connectivity index is 1.98. The Morgan fingerprint density at radius 3 is 2.80 bits per heavy atom. The first-order valence-electron chi connectivity index (χ1n) is 5.09. The van der Waals surface area contributed by atoms with Crippen molar-refractivity contribution >= 4 is 27.7 Å². The van der Waals surface area contributed by atoms with E-state index >= 15 is 0 Å². The van der Waals surface area contributed by atoms with Crippen LogP contribution in [-0.4, -0.2) is 37.0 Å². The second-order valence-corrected chi connectivity index (χ2v) is 5.88. The molecule has 1 unspecified atom stereocenters. The van der Waals surface area contributed by atoms with Gasteiger partial charge in [-0.25, -0.2) is 0 Å². The van der Waals surface area contributed by atoms with Crippen molar-refractivity contribution < 1.29 is 0 Å². The third kappa shape index (κ3) is 3.21. The number of nitrogens with zero attached hydrogens (tertiary/aromatic N) is 1. The van der Waals surface area contributed by atoms with Crippen LogP contribution in [0.15, 0.2) is 33.6 Å². The zero-order valence-electron chi connectivity index (χ0n) is 8.74. The van der Waals surface area contributed by atoms with E-state index < -0.39 is 0 Å². The van der Waals surface area contributed by atoms with Crippen LogP contribution in [0.3, 0.4) is 0 Å². The van der Waals surface area contributed by atoms with E-state index in [0.29, 0.717) is 5.37 Å². The summed E-state index contributed by atoms with van der Waals surface area (Å²) in [6, 6.07) is 8.52. The van der Waals surface area contributed by atoms with Crippen molar-refractivity contribution in [2.45, 2.75) is 10.3 Å². The van der Waals surface area contributed by atoms with Crippen LogP contribution in [0, 0.1) is 0 Å². The first-order valence-corrected chi connectivity index (χ1v) is 6.76. The van der Waals surface area contributed by atoms with Crippen LogP contribution < -0.4 is 5.32 Å². The number of halogens is 1. The maximum Gasteiger partial charge on any atom is 0.0728 e. The van der Waals surface area contributed by atoms with E-state index in [1.54, 1.807) is 0 Å². The molecule has 1 fully saturated rings. The van der Waals surface area contributed by atoms with E-state index in [9.17, 15) is 0 Å². The fourth-order valence-corrected chi connectivity index (χ4v) is 2.94. The van der Waals surface area contributed by atoms with Crippen molar-refractivity contribution in [2.75, 3.05) is 26.7 Å². The Labute approximate surface area is 104 Å². The van der Waals surface area contributed by atoms with Gasteiger partial charge in [-0.2, -0.15) is 0 Å². The van der Waals surface area contributed by atoms with Gasteiger partial charge in [-0.1, -0.05) is 15.9 Å². The second kappa shape index (κ2) is 5.34. The Bertz CT molecular complexity index is 315. The van der Waals surface area contributed by atoms with Crippen LogP contribution in [0.2, 0.25) is 0 Å². The Morgan fingerprint density at radius 2 is 2.13 bits per heavy atom. The Morgan fingerprint density at radius 1 is 1.40 bits per heavy atom. The molecular formula is C11H15BrN2S. The first kappa shape index (κ1) is 11.5. The molecule has 0 aliphatic carbocycles. The highest BCUT2D eigenvalue weighted by atomic mass is 79.9. The minimum Gasteiger partial charge on any atom is -0.313 e. The molecule has 1 saturated heterocycles. The molecule has 0 bridgehead atoms. The number of rotatable bonds is 2. The normalized spacial score (nSPS) is 22.9. The minimum absolute atomic E-state index is 0.555. The summed E-state index contributed by atoms with van der Waals surface area (Å²) < 4.78 is 1.14. The quantitative estimate of drug-likeness (QED) is 0.899. The van der Waals surface area contributed by atoms with Crippen molar-refractivity contribution in [3.8, 4) is 0 Å². The summed E-state index contributed by atoms with van der Waals surface area (Å²) in [4.78, 5) is 3.74. The number of hydrogen-bond donors (Lipinski definition) is 1. The molecule has 1 atom stereocenters. The highest BCUT2D eigenvalue weighted by Gasteiger charge is 2.19. The van der Waals surface area contributed by atoms with Gasteiger partial charge in [0.1, 0.15) is 0 Å². The second-order valence-electron chi connectivity index (χ2n) is 3.71. The van der Waals surface area contributed by atoms with Crippen LogP contribution in [-0.2, 0) is 0 Å². The lowest BCUT2D eigenvalue weighted by molar-refractivity contribution is 0.266. The zero-order valence-corrected chi connectivity index (χ0v) is 11.1. The predicted octanol–water partition coefficient (Wildman–Crippen LogP) is 2.40. The largest absolute Gasteiger partial charge is 0.313 e. The zero-order chi connectivity index (χ0) is 10.7. The smallest absolute Gasteiger partial charge is 0.0728 e. The lowest BCUT2D eigenvalue weighted by atomic mass is 10.4. The van der Waals surface area contributed by atoms with Gasteiger partial charge < -0.3 is 5.32 Å². The number of thioether (sulfide) groups is 1. The number of nitrogens with one attached hydrogen (secondary N) is 1. The Hall–Kier alpha value is -0.0300. The van der Waals surface area contributed by atoms with E-state index in [1.165, 1.54) is 4.90 Å². The van der Waals surface area contributed by atoms with Gasteiger partial charge in [0, 0.05) is 29.0 Å². The van der Waals surface area contributed by atoms with Crippen molar-refractivity contribution in [2.24, 2.45) is 0 Å². The molecule has 1 aliphatic heterocycles. The molecular weight excluding hydrogens is 272 g/mol. The number of piperazine rings is 1. The molecule has 0 aromatic heterocycles. The van der Waals surface area contributed by atoms with E-state index in [0.717, 1.165) is 24.1 Å². The molecule has 82 valence electrons. The SMILES string of the molecule is CN1CCNCC1Sc1ccc(Br)cc1. The monoisotopic (exact) mass is 286 g/mol. The van der Waals surface area contributed by atoms with Crippen molar-refractivity contribution in [1.82, 2.24) is 10.2 Å². The van der Waals surface area contributed by atoms with E-state index in [2.05, 4.69) is 57.5 Å². The molecule has 1 N–H and O–H groups in total. The summed E-state index contributed by atoms with van der Waals surface area (Å²) in [5.74, 6) is 0. The van der Waals surface area contributed by atoms with Gasteiger partial charge in [0.05, 0.1) is 5.37 Å². The van der Waals surface area contributed by atoms with Gasteiger partial charge in [-0.3, -0.25) is 4.90 Å². The molecule has 4 heteroatoms. The fourth-order valence-electron chi connectivity index (χ4n) is 1.58. The van der Waals surface area contributed by atoms with E-state index in [4.69, 9.17) is 0 Å². The molecule has 2 rings (SSSR count). The van der Waals surface area contributed by atoms with Gasteiger partial charge in [-0.15, -0.1) is 11.8 Å². The lowest BCUT2D eigenvalue weighted by Crippen LogP contribution is -2.47. The van der Waals surface area contributed by atoms with Crippen molar-refractivity contribution in [1.29, 1.82) is 0 Å². The van der Waals surface area contributed by atoms with Gasteiger partial charge in [0.25, 0.3) is 0 Å². The topological polar surface area (TPSA) is 15.3 Å². The number of hydrogen-bond acceptors (Lipinski definition) is 3. The van der Waals surface area contributed by atoms with E-state index in [-0.39, 0.29) is 0 Å². The molecule has 15 heavy (non-hydrogen) atoms. The summed E-state index contributed by atoms with van der Waals surface area (Å²) >= 11 is 5.37. The Kier molecular flexibility index (Phi) is 4.08. The molecule has 0 amide bonds. The molecule has 2 nitrogen and oxygen atoms in total. The average Bonchev–Trinajstić information content (AvgIpc) is 2.25. The minimum atomic E-state index is 0.555. The summed E-state index contributed by atoms with van der Waals surface area (Å²) in [5.41, 5.74) is 0. The maximum atomic E-state index is 3.45. The summed E-state index contributed by atoms with van der Waals surface area (Å²) in [6.07, 6.45) is 0. The van der Waals surface area contributed by atoms with Crippen LogP contribution in [0.1, 0.15) is 0 Å². The lowest BCUT2D eigenvalue weighted by Gasteiger charge is -2.32.